The SMILES string of the molecule is Cn1ccnc1CNc1ncc(Br)cc1Cl. The van der Waals surface area contributed by atoms with Crippen molar-refractivity contribution in [3.63, 3.8) is 0 Å². The number of pyridine rings is 1. The average molecular weight is 302 g/mol. The summed E-state index contributed by atoms with van der Waals surface area (Å²) in [5.74, 6) is 1.59. The van der Waals surface area contributed by atoms with Gasteiger partial charge in [-0.3, -0.25) is 0 Å². The molecule has 0 aromatic carbocycles. The summed E-state index contributed by atoms with van der Waals surface area (Å²) in [5.41, 5.74) is 0. The lowest BCUT2D eigenvalue weighted by molar-refractivity contribution is 0.811. The maximum absolute atomic E-state index is 6.03. The molecule has 0 saturated carbocycles. The number of hydrogen-bond donors (Lipinski definition) is 1. The minimum Gasteiger partial charge on any atom is -0.362 e. The fraction of sp³-hybridized carbons (Fsp3) is 0.200. The fourth-order valence-electron chi connectivity index (χ4n) is 1.27. The number of rotatable bonds is 3. The molecule has 0 aliphatic rings. The molecule has 0 spiro atoms. The first-order chi connectivity index (χ1) is 7.66. The molecule has 0 saturated heterocycles. The minimum absolute atomic E-state index is 0.587. The Morgan fingerprint density at radius 2 is 2.31 bits per heavy atom. The molecule has 6 heteroatoms. The van der Waals surface area contributed by atoms with Crippen LogP contribution in [0.5, 0.6) is 0 Å². The van der Waals surface area contributed by atoms with Crippen molar-refractivity contribution in [2.75, 3.05) is 5.32 Å². The third-order valence-corrected chi connectivity index (χ3v) is 2.86. The summed E-state index contributed by atoms with van der Waals surface area (Å²) >= 11 is 9.33. The summed E-state index contributed by atoms with van der Waals surface area (Å²) in [6.07, 6.45) is 5.36. The number of imidazole rings is 1. The van der Waals surface area contributed by atoms with Crippen LogP contribution in [0.25, 0.3) is 0 Å². The van der Waals surface area contributed by atoms with Gasteiger partial charge in [0.05, 0.1) is 11.6 Å². The van der Waals surface area contributed by atoms with Gasteiger partial charge in [0.25, 0.3) is 0 Å². The average Bonchev–Trinajstić information content (AvgIpc) is 2.63. The van der Waals surface area contributed by atoms with Crippen LogP contribution in [-0.4, -0.2) is 14.5 Å². The van der Waals surface area contributed by atoms with Gasteiger partial charge in [0.2, 0.25) is 0 Å². The highest BCUT2D eigenvalue weighted by Gasteiger charge is 2.04. The van der Waals surface area contributed by atoms with Crippen molar-refractivity contribution >= 4 is 33.3 Å². The van der Waals surface area contributed by atoms with Crippen LogP contribution in [0.15, 0.2) is 29.1 Å². The maximum Gasteiger partial charge on any atom is 0.145 e. The summed E-state index contributed by atoms with van der Waals surface area (Å²) < 4.78 is 2.81. The van der Waals surface area contributed by atoms with Gasteiger partial charge >= 0.3 is 0 Å². The molecule has 0 bridgehead atoms. The van der Waals surface area contributed by atoms with Gasteiger partial charge in [0.1, 0.15) is 11.6 Å². The Hall–Kier alpha value is -1.07. The standard InChI is InChI=1S/C10H10BrClN4/c1-16-3-2-13-9(16)6-15-10-8(12)4-7(11)5-14-10/h2-5H,6H2,1H3,(H,14,15). The summed E-state index contributed by atoms with van der Waals surface area (Å²) in [6.45, 7) is 0.595. The van der Waals surface area contributed by atoms with Gasteiger partial charge < -0.3 is 9.88 Å². The van der Waals surface area contributed by atoms with Crippen LogP contribution < -0.4 is 5.32 Å². The van der Waals surface area contributed by atoms with Crippen LogP contribution in [0.1, 0.15) is 5.82 Å². The van der Waals surface area contributed by atoms with Gasteiger partial charge in [0.15, 0.2) is 0 Å². The Morgan fingerprint density at radius 3 is 2.94 bits per heavy atom. The Morgan fingerprint density at radius 1 is 1.50 bits per heavy atom. The van der Waals surface area contributed by atoms with E-state index in [1.165, 1.54) is 0 Å². The summed E-state index contributed by atoms with van der Waals surface area (Å²) in [4.78, 5) is 8.38. The summed E-state index contributed by atoms with van der Waals surface area (Å²) in [7, 11) is 1.95. The molecule has 0 atom stereocenters. The monoisotopic (exact) mass is 300 g/mol. The van der Waals surface area contributed by atoms with Crippen molar-refractivity contribution in [2.24, 2.45) is 7.05 Å². The van der Waals surface area contributed by atoms with Crippen LogP contribution in [0, 0.1) is 0 Å². The lowest BCUT2D eigenvalue weighted by atomic mass is 10.4. The zero-order chi connectivity index (χ0) is 11.5. The van der Waals surface area contributed by atoms with E-state index in [1.54, 1.807) is 18.5 Å². The fourth-order valence-corrected chi connectivity index (χ4v) is 1.97. The zero-order valence-electron chi connectivity index (χ0n) is 8.61. The molecular weight excluding hydrogens is 291 g/mol. The first-order valence-corrected chi connectivity index (χ1v) is 5.85. The number of nitrogens with zero attached hydrogens (tertiary/aromatic N) is 3. The van der Waals surface area contributed by atoms with E-state index in [-0.39, 0.29) is 0 Å². The molecule has 2 aromatic rings. The van der Waals surface area contributed by atoms with Crippen molar-refractivity contribution in [2.45, 2.75) is 6.54 Å². The normalized spacial score (nSPS) is 10.4. The smallest absolute Gasteiger partial charge is 0.145 e. The van der Waals surface area contributed by atoms with Gasteiger partial charge in [-0.15, -0.1) is 0 Å². The second-order valence-corrected chi connectivity index (χ2v) is 4.61. The lowest BCUT2D eigenvalue weighted by Crippen LogP contribution is -2.07. The van der Waals surface area contributed by atoms with Crippen molar-refractivity contribution in [1.82, 2.24) is 14.5 Å². The highest BCUT2D eigenvalue weighted by molar-refractivity contribution is 9.10. The Kier molecular flexibility index (Phi) is 3.46. The largest absolute Gasteiger partial charge is 0.362 e. The quantitative estimate of drug-likeness (QED) is 0.948. The number of aromatic nitrogens is 3. The number of aryl methyl sites for hydroxylation is 1. The predicted octanol–water partition coefficient (Wildman–Crippen LogP) is 2.84. The predicted molar refractivity (Wildman–Crippen MR) is 67.5 cm³/mol. The molecular formula is C10H10BrClN4. The first kappa shape index (κ1) is 11.4. The van der Waals surface area contributed by atoms with Crippen LogP contribution in [0.3, 0.4) is 0 Å². The van der Waals surface area contributed by atoms with Crippen LogP contribution >= 0.6 is 27.5 Å². The molecule has 84 valence electrons. The van der Waals surface area contributed by atoms with E-state index in [0.29, 0.717) is 17.4 Å². The van der Waals surface area contributed by atoms with Crippen LogP contribution in [0.2, 0.25) is 5.02 Å². The van der Waals surface area contributed by atoms with Gasteiger partial charge in [-0.25, -0.2) is 9.97 Å². The molecule has 1 N–H and O–H groups in total. The van der Waals surface area contributed by atoms with E-state index >= 15 is 0 Å². The molecule has 16 heavy (non-hydrogen) atoms. The minimum atomic E-state index is 0.587. The van der Waals surface area contributed by atoms with E-state index in [1.807, 2.05) is 17.8 Å². The maximum atomic E-state index is 6.03. The van der Waals surface area contributed by atoms with Crippen LogP contribution in [0.4, 0.5) is 5.82 Å². The highest BCUT2D eigenvalue weighted by Crippen LogP contribution is 2.22. The Balaban J connectivity index is 2.08. The molecule has 0 unspecified atom stereocenters. The van der Waals surface area contributed by atoms with Crippen molar-refractivity contribution in [3.05, 3.63) is 40.0 Å². The molecule has 0 fully saturated rings. The molecule has 0 aliphatic carbocycles. The molecule has 2 rings (SSSR count). The molecule has 0 radical (unpaired) electrons. The van der Waals surface area contributed by atoms with Gasteiger partial charge in [-0.1, -0.05) is 11.6 Å². The van der Waals surface area contributed by atoms with E-state index in [0.717, 1.165) is 10.3 Å². The van der Waals surface area contributed by atoms with E-state index in [2.05, 4.69) is 31.2 Å². The zero-order valence-corrected chi connectivity index (χ0v) is 11.0. The highest BCUT2D eigenvalue weighted by atomic mass is 79.9. The van der Waals surface area contributed by atoms with E-state index in [4.69, 9.17) is 11.6 Å². The topological polar surface area (TPSA) is 42.7 Å². The molecule has 2 heterocycles. The molecule has 4 nitrogen and oxygen atoms in total. The third-order valence-electron chi connectivity index (χ3n) is 2.14. The van der Waals surface area contributed by atoms with Gasteiger partial charge in [0, 0.05) is 30.1 Å². The summed E-state index contributed by atoms with van der Waals surface area (Å²) in [6, 6.07) is 1.80. The van der Waals surface area contributed by atoms with Crippen molar-refractivity contribution < 1.29 is 0 Å². The number of nitrogens with one attached hydrogen (secondary N) is 1. The summed E-state index contributed by atoms with van der Waals surface area (Å²) in [5, 5.41) is 3.72. The second-order valence-electron chi connectivity index (χ2n) is 3.29. The van der Waals surface area contributed by atoms with Crippen molar-refractivity contribution in [1.29, 1.82) is 0 Å². The first-order valence-electron chi connectivity index (χ1n) is 4.68. The molecule has 0 amide bonds. The second kappa shape index (κ2) is 4.84. The van der Waals surface area contributed by atoms with E-state index in [9.17, 15) is 0 Å². The Labute approximate surface area is 107 Å². The molecule has 2 aromatic heterocycles. The Bertz CT molecular complexity index is 497. The lowest BCUT2D eigenvalue weighted by Gasteiger charge is -2.07. The molecule has 0 aliphatic heterocycles. The number of anilines is 1. The van der Waals surface area contributed by atoms with Crippen LogP contribution in [-0.2, 0) is 13.6 Å². The number of hydrogen-bond acceptors (Lipinski definition) is 3. The number of halogens is 2. The van der Waals surface area contributed by atoms with Gasteiger partial charge in [-0.05, 0) is 22.0 Å². The van der Waals surface area contributed by atoms with Crippen molar-refractivity contribution in [3.8, 4) is 0 Å². The van der Waals surface area contributed by atoms with E-state index < -0.39 is 0 Å². The third kappa shape index (κ3) is 2.54. The van der Waals surface area contributed by atoms with Gasteiger partial charge in [-0.2, -0.15) is 0 Å².